The van der Waals surface area contributed by atoms with Crippen molar-refractivity contribution < 1.29 is 0 Å². The minimum Gasteiger partial charge on any atom is -0.227 e. The number of hydrogen-bond acceptors (Lipinski definition) is 3. The van der Waals surface area contributed by atoms with Gasteiger partial charge in [0.05, 0.1) is 0 Å². The Bertz CT molecular complexity index is 512. The smallest absolute Gasteiger partial charge is 0.227 e. The first kappa shape index (κ1) is 9.35. The summed E-state index contributed by atoms with van der Waals surface area (Å²) in [5.41, 5.74) is 2.86. The van der Waals surface area contributed by atoms with E-state index in [-0.39, 0.29) is 5.82 Å². The molecule has 3 nitrogen and oxygen atoms in total. The van der Waals surface area contributed by atoms with Crippen molar-refractivity contribution in [2.45, 2.75) is 6.92 Å². The summed E-state index contributed by atoms with van der Waals surface area (Å²) in [6.45, 7) is 1.88. The van der Waals surface area contributed by atoms with Gasteiger partial charge < -0.3 is 0 Å². The van der Waals surface area contributed by atoms with E-state index in [2.05, 4.69) is 9.97 Å². The highest BCUT2D eigenvalue weighted by molar-refractivity contribution is 5.64. The molecule has 0 unspecified atom stereocenters. The third kappa shape index (κ3) is 1.84. The second-order valence-electron chi connectivity index (χ2n) is 3.17. The molecule has 0 spiro atoms. The van der Waals surface area contributed by atoms with Gasteiger partial charge in [0, 0.05) is 17.5 Å². The Morgan fingerprint density at radius 3 is 2.53 bits per heavy atom. The van der Waals surface area contributed by atoms with E-state index in [9.17, 15) is 0 Å². The molecule has 2 aromatic rings. The number of aryl methyl sites for hydroxylation is 1. The monoisotopic (exact) mass is 195 g/mol. The third-order valence-electron chi connectivity index (χ3n) is 2.16. The lowest BCUT2D eigenvalue weighted by Crippen LogP contribution is -1.94. The first-order valence-corrected chi connectivity index (χ1v) is 4.60. The van der Waals surface area contributed by atoms with E-state index in [0.717, 1.165) is 16.8 Å². The molecule has 3 heteroatoms. The summed E-state index contributed by atoms with van der Waals surface area (Å²) in [7, 11) is 0. The van der Waals surface area contributed by atoms with Gasteiger partial charge in [-0.3, -0.25) is 0 Å². The normalized spacial score (nSPS) is 9.60. The van der Waals surface area contributed by atoms with Gasteiger partial charge in [-0.05, 0) is 12.5 Å². The number of rotatable bonds is 1. The van der Waals surface area contributed by atoms with Gasteiger partial charge in [0.25, 0.3) is 0 Å². The molecule has 0 saturated heterocycles. The summed E-state index contributed by atoms with van der Waals surface area (Å²) < 4.78 is 0. The van der Waals surface area contributed by atoms with Crippen LogP contribution in [-0.2, 0) is 0 Å². The summed E-state index contributed by atoms with van der Waals surface area (Å²) in [6, 6.07) is 11.8. The molecule has 1 aromatic carbocycles. The molecule has 15 heavy (non-hydrogen) atoms. The van der Waals surface area contributed by atoms with Crippen molar-refractivity contribution in [1.29, 1.82) is 5.26 Å². The first-order chi connectivity index (χ1) is 7.31. The molecule has 1 aromatic heterocycles. The van der Waals surface area contributed by atoms with Crippen molar-refractivity contribution in [3.8, 4) is 17.2 Å². The fraction of sp³-hybridized carbons (Fsp3) is 0.0833. The Morgan fingerprint density at radius 1 is 1.20 bits per heavy atom. The van der Waals surface area contributed by atoms with Crippen molar-refractivity contribution in [2.75, 3.05) is 0 Å². The van der Waals surface area contributed by atoms with Crippen LogP contribution in [0.1, 0.15) is 11.5 Å². The molecule has 0 N–H and O–H groups in total. The molecule has 0 aliphatic heterocycles. The number of aromatic nitrogens is 2. The Hall–Kier alpha value is -2.21. The lowest BCUT2D eigenvalue weighted by molar-refractivity contribution is 1.06. The van der Waals surface area contributed by atoms with Crippen molar-refractivity contribution in [1.82, 2.24) is 9.97 Å². The quantitative estimate of drug-likeness (QED) is 0.701. The van der Waals surface area contributed by atoms with E-state index in [1.807, 2.05) is 43.3 Å². The van der Waals surface area contributed by atoms with Gasteiger partial charge in [-0.15, -0.1) is 0 Å². The molecule has 0 radical (unpaired) electrons. The van der Waals surface area contributed by atoms with Crippen LogP contribution in [0.15, 0.2) is 36.5 Å². The van der Waals surface area contributed by atoms with Crippen LogP contribution in [0.25, 0.3) is 11.1 Å². The molecular weight excluding hydrogens is 186 g/mol. The molecule has 72 valence electrons. The van der Waals surface area contributed by atoms with Gasteiger partial charge in [0.2, 0.25) is 5.82 Å². The van der Waals surface area contributed by atoms with Crippen LogP contribution in [0.3, 0.4) is 0 Å². The summed E-state index contributed by atoms with van der Waals surface area (Å²) in [4.78, 5) is 8.06. The fourth-order valence-corrected chi connectivity index (χ4v) is 1.42. The van der Waals surface area contributed by atoms with Crippen LogP contribution in [-0.4, -0.2) is 9.97 Å². The van der Waals surface area contributed by atoms with Gasteiger partial charge in [-0.25, -0.2) is 9.97 Å². The predicted molar refractivity (Wildman–Crippen MR) is 56.9 cm³/mol. The van der Waals surface area contributed by atoms with Gasteiger partial charge in [-0.2, -0.15) is 5.26 Å². The van der Waals surface area contributed by atoms with Crippen LogP contribution in [0, 0.1) is 18.3 Å². The zero-order chi connectivity index (χ0) is 10.7. The van der Waals surface area contributed by atoms with Crippen molar-refractivity contribution in [3.63, 3.8) is 0 Å². The van der Waals surface area contributed by atoms with Gasteiger partial charge in [-0.1, -0.05) is 30.3 Å². The Kier molecular flexibility index (Phi) is 2.42. The third-order valence-corrected chi connectivity index (χ3v) is 2.16. The van der Waals surface area contributed by atoms with Crippen LogP contribution in [0.4, 0.5) is 0 Å². The van der Waals surface area contributed by atoms with Crippen molar-refractivity contribution in [3.05, 3.63) is 48.0 Å². The van der Waals surface area contributed by atoms with Crippen LogP contribution in [0.5, 0.6) is 0 Å². The molecule has 0 atom stereocenters. The lowest BCUT2D eigenvalue weighted by Gasteiger charge is -2.03. The van der Waals surface area contributed by atoms with Crippen molar-refractivity contribution in [2.24, 2.45) is 0 Å². The summed E-state index contributed by atoms with van der Waals surface area (Å²) >= 11 is 0. The number of nitrogens with zero attached hydrogens (tertiary/aromatic N) is 3. The Morgan fingerprint density at radius 2 is 1.93 bits per heavy atom. The molecule has 0 amide bonds. The van der Waals surface area contributed by atoms with E-state index < -0.39 is 0 Å². The van der Waals surface area contributed by atoms with E-state index >= 15 is 0 Å². The predicted octanol–water partition coefficient (Wildman–Crippen LogP) is 2.32. The molecule has 0 fully saturated rings. The topological polar surface area (TPSA) is 49.6 Å². The Labute approximate surface area is 88.1 Å². The molecule has 2 rings (SSSR count). The van der Waals surface area contributed by atoms with Crippen molar-refractivity contribution >= 4 is 0 Å². The van der Waals surface area contributed by atoms with Crippen LogP contribution < -0.4 is 0 Å². The van der Waals surface area contributed by atoms with Gasteiger partial charge >= 0.3 is 0 Å². The number of hydrogen-bond donors (Lipinski definition) is 0. The summed E-state index contributed by atoms with van der Waals surface area (Å²) in [6.07, 6.45) is 1.69. The minimum absolute atomic E-state index is 0.215. The highest BCUT2D eigenvalue weighted by Crippen LogP contribution is 2.20. The van der Waals surface area contributed by atoms with Crippen LogP contribution >= 0.6 is 0 Å². The minimum atomic E-state index is 0.215. The van der Waals surface area contributed by atoms with Crippen LogP contribution in [0.2, 0.25) is 0 Å². The number of benzene rings is 1. The Balaban J connectivity index is 2.52. The lowest BCUT2D eigenvalue weighted by atomic mass is 10.1. The fourth-order valence-electron chi connectivity index (χ4n) is 1.42. The van der Waals surface area contributed by atoms with E-state index in [1.165, 1.54) is 0 Å². The first-order valence-electron chi connectivity index (χ1n) is 4.60. The maximum Gasteiger partial charge on any atom is 0.232 e. The average molecular weight is 195 g/mol. The van der Waals surface area contributed by atoms with E-state index in [0.29, 0.717) is 0 Å². The highest BCUT2D eigenvalue weighted by Gasteiger charge is 2.04. The summed E-state index contributed by atoms with van der Waals surface area (Å²) in [5, 5.41) is 8.65. The van der Waals surface area contributed by atoms with E-state index in [4.69, 9.17) is 5.26 Å². The largest absolute Gasteiger partial charge is 0.232 e. The molecule has 0 bridgehead atoms. The van der Waals surface area contributed by atoms with E-state index in [1.54, 1.807) is 6.20 Å². The number of nitriles is 1. The second-order valence-corrected chi connectivity index (χ2v) is 3.17. The van der Waals surface area contributed by atoms with Gasteiger partial charge in [0.15, 0.2) is 0 Å². The molecule has 1 heterocycles. The van der Waals surface area contributed by atoms with Gasteiger partial charge in [0.1, 0.15) is 6.07 Å². The molecular formula is C12H9N3. The molecule has 0 aliphatic carbocycles. The zero-order valence-corrected chi connectivity index (χ0v) is 8.31. The summed E-state index contributed by atoms with van der Waals surface area (Å²) in [5.74, 6) is 0.215. The highest BCUT2D eigenvalue weighted by atomic mass is 14.9. The molecule has 0 aliphatic rings. The zero-order valence-electron chi connectivity index (χ0n) is 8.31. The maximum absolute atomic E-state index is 8.65. The average Bonchev–Trinajstić information content (AvgIpc) is 2.30. The maximum atomic E-state index is 8.65. The molecule has 0 saturated carbocycles. The second kappa shape index (κ2) is 3.89. The standard InChI is InChI=1S/C12H9N3/c1-9-11(8-14-12(7-13)15-9)10-5-3-2-4-6-10/h2-6,8H,1H3. The SMILES string of the molecule is Cc1nc(C#N)ncc1-c1ccccc1.